The van der Waals surface area contributed by atoms with Gasteiger partial charge in [0, 0.05) is 18.0 Å². The quantitative estimate of drug-likeness (QED) is 0.432. The summed E-state index contributed by atoms with van der Waals surface area (Å²) in [6.07, 6.45) is -2.52. The summed E-state index contributed by atoms with van der Waals surface area (Å²) in [6, 6.07) is 9.75. The van der Waals surface area contributed by atoms with Crippen LogP contribution in [0.1, 0.15) is 24.4 Å². The molecule has 0 spiro atoms. The monoisotopic (exact) mass is 491 g/mol. The maximum absolute atomic E-state index is 13.1. The molecule has 1 aliphatic heterocycles. The summed E-state index contributed by atoms with van der Waals surface area (Å²) in [4.78, 5) is 20.6. The van der Waals surface area contributed by atoms with Crippen molar-refractivity contribution in [1.82, 2.24) is 25.1 Å². The molecule has 0 radical (unpaired) electrons. The molecule has 3 heterocycles. The minimum Gasteiger partial charge on any atom is -0.404 e. The molecule has 1 aliphatic rings. The third kappa shape index (κ3) is 4.74. The van der Waals surface area contributed by atoms with E-state index in [1.807, 2.05) is 18.2 Å². The van der Waals surface area contributed by atoms with Crippen LogP contribution in [0.2, 0.25) is 5.02 Å². The van der Waals surface area contributed by atoms with Gasteiger partial charge in [0.1, 0.15) is 11.6 Å². The van der Waals surface area contributed by atoms with E-state index in [2.05, 4.69) is 25.1 Å². The molecule has 11 heteroatoms. The van der Waals surface area contributed by atoms with Gasteiger partial charge in [-0.15, -0.1) is 13.2 Å². The number of piperidine rings is 1. The number of aromatic amines is 1. The highest BCUT2D eigenvalue weighted by molar-refractivity contribution is 6.32. The van der Waals surface area contributed by atoms with Crippen molar-refractivity contribution < 1.29 is 17.9 Å². The fourth-order valence-electron chi connectivity index (χ4n) is 4.39. The van der Waals surface area contributed by atoms with Crippen LogP contribution in [0.5, 0.6) is 5.75 Å². The summed E-state index contributed by atoms with van der Waals surface area (Å²) in [6.45, 7) is 2.33. The van der Waals surface area contributed by atoms with Crippen molar-refractivity contribution in [3.63, 3.8) is 0 Å². The number of H-pyrrole nitrogens is 1. The van der Waals surface area contributed by atoms with Crippen LogP contribution in [0.3, 0.4) is 0 Å². The summed E-state index contributed by atoms with van der Waals surface area (Å²) in [5.41, 5.74) is 1.26. The fraction of sp³-hybridized carbons (Fsp3) is 0.348. The first-order valence-electron chi connectivity index (χ1n) is 10.9. The Kier molecular flexibility index (Phi) is 5.95. The summed E-state index contributed by atoms with van der Waals surface area (Å²) < 4.78 is 43.5. The average molecular weight is 492 g/mol. The Hall–Kier alpha value is -3.11. The van der Waals surface area contributed by atoms with Crippen molar-refractivity contribution in [3.8, 4) is 5.75 Å². The van der Waals surface area contributed by atoms with E-state index in [-0.39, 0.29) is 17.0 Å². The van der Waals surface area contributed by atoms with E-state index in [1.165, 1.54) is 16.8 Å². The topological polar surface area (TPSA) is 84.8 Å². The zero-order valence-electron chi connectivity index (χ0n) is 18.0. The molecule has 0 bridgehead atoms. The predicted molar refractivity (Wildman–Crippen MR) is 122 cm³/mol. The number of ether oxygens (including phenoxy) is 1. The van der Waals surface area contributed by atoms with Crippen molar-refractivity contribution in [1.29, 1.82) is 0 Å². The van der Waals surface area contributed by atoms with E-state index >= 15 is 0 Å². The van der Waals surface area contributed by atoms with Gasteiger partial charge in [-0.25, -0.2) is 9.67 Å². The second-order valence-electron chi connectivity index (χ2n) is 8.40. The molecule has 2 N–H and O–H groups in total. The van der Waals surface area contributed by atoms with Crippen LogP contribution >= 0.6 is 11.6 Å². The molecule has 1 fully saturated rings. The van der Waals surface area contributed by atoms with Crippen molar-refractivity contribution in [2.45, 2.75) is 32.2 Å². The Balaban J connectivity index is 1.51. The summed E-state index contributed by atoms with van der Waals surface area (Å²) in [7, 11) is 0. The molecule has 1 unspecified atom stereocenters. The van der Waals surface area contributed by atoms with Crippen molar-refractivity contribution in [2.24, 2.45) is 5.92 Å². The molecule has 4 aromatic rings. The minimum atomic E-state index is -4.86. The van der Waals surface area contributed by atoms with Crippen LogP contribution in [0.15, 0.2) is 41.2 Å². The number of imidazole rings is 1. The van der Waals surface area contributed by atoms with Gasteiger partial charge in [-0.05, 0) is 44.0 Å². The number of hydrogen-bond donors (Lipinski definition) is 2. The third-order valence-electron chi connectivity index (χ3n) is 5.92. The highest BCUT2D eigenvalue weighted by Gasteiger charge is 2.32. The first-order valence-corrected chi connectivity index (χ1v) is 11.3. The van der Waals surface area contributed by atoms with Crippen molar-refractivity contribution >= 4 is 33.4 Å². The Morgan fingerprint density at radius 3 is 2.74 bits per heavy atom. The van der Waals surface area contributed by atoms with E-state index in [4.69, 9.17) is 11.6 Å². The number of fused-ring (bicyclic) bond motifs is 2. The van der Waals surface area contributed by atoms with E-state index in [0.717, 1.165) is 25.9 Å². The van der Waals surface area contributed by atoms with Gasteiger partial charge in [-0.2, -0.15) is 5.10 Å². The summed E-state index contributed by atoms with van der Waals surface area (Å²) in [5.74, 6) is 0.292. The molecule has 0 aliphatic carbocycles. The SMILES string of the molecule is O=c1c2ccccc2c(Cc2nc3cc(Cl)c(OC(F)(F)F)cc3[nH]2)nn1CC1CCCNC1. The van der Waals surface area contributed by atoms with Crippen LogP contribution in [-0.2, 0) is 13.0 Å². The lowest BCUT2D eigenvalue weighted by Gasteiger charge is -2.23. The molecule has 1 atom stereocenters. The van der Waals surface area contributed by atoms with E-state index < -0.39 is 12.1 Å². The van der Waals surface area contributed by atoms with Gasteiger partial charge in [-0.1, -0.05) is 29.8 Å². The van der Waals surface area contributed by atoms with Crippen LogP contribution in [0, 0.1) is 5.92 Å². The van der Waals surface area contributed by atoms with Crippen LogP contribution in [-0.4, -0.2) is 39.2 Å². The standard InChI is InChI=1S/C23H21ClF3N5O2/c24-16-8-18-19(9-20(16)34-23(25,26)27)30-21(29-18)10-17-14-5-1-2-6-15(14)22(33)32(31-17)12-13-4-3-7-28-11-13/h1-2,5-6,8-9,13,28H,3-4,7,10-12H2,(H,29,30). The number of nitrogens with zero attached hydrogens (tertiary/aromatic N) is 3. The number of hydrogen-bond acceptors (Lipinski definition) is 5. The summed E-state index contributed by atoms with van der Waals surface area (Å²) >= 11 is 5.95. The van der Waals surface area contributed by atoms with E-state index in [9.17, 15) is 18.0 Å². The van der Waals surface area contributed by atoms with Gasteiger partial charge >= 0.3 is 6.36 Å². The lowest BCUT2D eigenvalue weighted by molar-refractivity contribution is -0.274. The van der Waals surface area contributed by atoms with Gasteiger partial charge in [0.2, 0.25) is 0 Å². The number of alkyl halides is 3. The molecule has 5 rings (SSSR count). The van der Waals surface area contributed by atoms with Gasteiger partial charge in [-0.3, -0.25) is 4.79 Å². The second kappa shape index (κ2) is 8.92. The fourth-order valence-corrected chi connectivity index (χ4v) is 4.59. The lowest BCUT2D eigenvalue weighted by Crippen LogP contribution is -2.36. The molecular weight excluding hydrogens is 471 g/mol. The van der Waals surface area contributed by atoms with Crippen molar-refractivity contribution in [2.75, 3.05) is 13.1 Å². The molecule has 2 aromatic carbocycles. The molecule has 178 valence electrons. The molecular formula is C23H21ClF3N5O2. The number of benzene rings is 2. The predicted octanol–water partition coefficient (Wildman–Crippen LogP) is 4.42. The van der Waals surface area contributed by atoms with E-state index in [0.29, 0.717) is 45.8 Å². The van der Waals surface area contributed by atoms with Gasteiger partial charge in [0.05, 0.1) is 33.6 Å². The molecule has 2 aromatic heterocycles. The molecule has 0 saturated carbocycles. The highest BCUT2D eigenvalue weighted by atomic mass is 35.5. The number of rotatable bonds is 5. The van der Waals surface area contributed by atoms with Crippen LogP contribution in [0.25, 0.3) is 21.8 Å². The minimum absolute atomic E-state index is 0.143. The maximum atomic E-state index is 13.1. The number of halogens is 4. The van der Waals surface area contributed by atoms with Gasteiger partial charge < -0.3 is 15.0 Å². The molecule has 0 amide bonds. The molecule has 1 saturated heterocycles. The first kappa shape index (κ1) is 22.7. The van der Waals surface area contributed by atoms with Gasteiger partial charge in [0.15, 0.2) is 0 Å². The largest absolute Gasteiger partial charge is 0.573 e. The highest BCUT2D eigenvalue weighted by Crippen LogP contribution is 2.33. The molecule has 7 nitrogen and oxygen atoms in total. The average Bonchev–Trinajstić information content (AvgIpc) is 3.18. The third-order valence-corrected chi connectivity index (χ3v) is 6.21. The Bertz CT molecular complexity index is 1410. The summed E-state index contributed by atoms with van der Waals surface area (Å²) in [5, 5.41) is 9.10. The number of aromatic nitrogens is 4. The molecule has 34 heavy (non-hydrogen) atoms. The maximum Gasteiger partial charge on any atom is 0.573 e. The second-order valence-corrected chi connectivity index (χ2v) is 8.81. The Morgan fingerprint density at radius 2 is 2.00 bits per heavy atom. The normalized spacial score (nSPS) is 16.9. The zero-order valence-corrected chi connectivity index (χ0v) is 18.7. The Labute approximate surface area is 196 Å². The smallest absolute Gasteiger partial charge is 0.404 e. The van der Waals surface area contributed by atoms with E-state index in [1.54, 1.807) is 6.07 Å². The zero-order chi connectivity index (χ0) is 23.9. The van der Waals surface area contributed by atoms with Crippen LogP contribution < -0.4 is 15.6 Å². The Morgan fingerprint density at radius 1 is 1.21 bits per heavy atom. The van der Waals surface area contributed by atoms with Gasteiger partial charge in [0.25, 0.3) is 5.56 Å². The van der Waals surface area contributed by atoms with Crippen molar-refractivity contribution in [3.05, 3.63) is 63.3 Å². The van der Waals surface area contributed by atoms with Crippen LogP contribution in [0.4, 0.5) is 13.2 Å². The number of nitrogens with one attached hydrogen (secondary N) is 2. The lowest BCUT2D eigenvalue weighted by atomic mass is 10.00. The first-order chi connectivity index (χ1) is 16.3.